The van der Waals surface area contributed by atoms with Gasteiger partial charge in [0.05, 0.1) is 5.54 Å². The van der Waals surface area contributed by atoms with Crippen molar-refractivity contribution in [3.63, 3.8) is 0 Å². The molecule has 3 aliphatic rings. The lowest BCUT2D eigenvalue weighted by atomic mass is 9.91. The van der Waals surface area contributed by atoms with E-state index in [-0.39, 0.29) is 17.6 Å². The van der Waals surface area contributed by atoms with Crippen LogP contribution < -0.4 is 9.47 Å². The first-order valence-corrected chi connectivity index (χ1v) is 9.01. The van der Waals surface area contributed by atoms with Crippen LogP contribution in [0.5, 0.6) is 11.5 Å². The molecule has 2 atom stereocenters. The molecule has 1 amide bonds. The van der Waals surface area contributed by atoms with Gasteiger partial charge in [-0.2, -0.15) is 0 Å². The third-order valence-corrected chi connectivity index (χ3v) is 5.73. The van der Waals surface area contributed by atoms with Gasteiger partial charge in [-0.15, -0.1) is 0 Å². The highest BCUT2D eigenvalue weighted by atomic mass is 16.6. The summed E-state index contributed by atoms with van der Waals surface area (Å²) in [7, 11) is 2.15. The minimum atomic E-state index is -0.555. The van der Waals surface area contributed by atoms with Crippen molar-refractivity contribution in [3.05, 3.63) is 24.3 Å². The predicted molar refractivity (Wildman–Crippen MR) is 91.4 cm³/mol. The van der Waals surface area contributed by atoms with Gasteiger partial charge in [0.2, 0.25) is 6.10 Å². The summed E-state index contributed by atoms with van der Waals surface area (Å²) in [6.45, 7) is 4.60. The fourth-order valence-electron chi connectivity index (χ4n) is 4.52. The standard InChI is InChI=1S/C19H26N2O3/c1-14-17(24-16-8-4-3-7-15(16)23-14)18(22)21-12-11-20(2)13-19(21)9-5-6-10-19/h3-4,7-8,14,17H,5-6,9-13H2,1-2H3/t14-,17-/m1/s1. The molecule has 2 aliphatic heterocycles. The second kappa shape index (κ2) is 5.96. The number of rotatable bonds is 1. The van der Waals surface area contributed by atoms with E-state index in [0.717, 1.165) is 38.2 Å². The molecule has 1 aromatic rings. The van der Waals surface area contributed by atoms with Gasteiger partial charge in [-0.3, -0.25) is 4.79 Å². The third kappa shape index (κ3) is 2.55. The Balaban J connectivity index is 1.59. The third-order valence-electron chi connectivity index (χ3n) is 5.73. The molecule has 0 bridgehead atoms. The summed E-state index contributed by atoms with van der Waals surface area (Å²) in [4.78, 5) is 17.8. The van der Waals surface area contributed by atoms with E-state index in [9.17, 15) is 4.79 Å². The Hall–Kier alpha value is -1.75. The van der Waals surface area contributed by atoms with Crippen LogP contribution in [0.4, 0.5) is 0 Å². The average molecular weight is 330 g/mol. The number of fused-ring (bicyclic) bond motifs is 1. The molecule has 0 N–H and O–H groups in total. The molecule has 5 heteroatoms. The topological polar surface area (TPSA) is 42.0 Å². The van der Waals surface area contributed by atoms with Crippen molar-refractivity contribution < 1.29 is 14.3 Å². The van der Waals surface area contributed by atoms with Crippen molar-refractivity contribution in [3.8, 4) is 11.5 Å². The lowest BCUT2D eigenvalue weighted by molar-refractivity contribution is -0.155. The number of nitrogens with zero attached hydrogens (tertiary/aromatic N) is 2. The number of carbonyl (C=O) groups is 1. The van der Waals surface area contributed by atoms with E-state index in [4.69, 9.17) is 9.47 Å². The van der Waals surface area contributed by atoms with Crippen LogP contribution in [0, 0.1) is 0 Å². The first-order valence-electron chi connectivity index (χ1n) is 9.01. The van der Waals surface area contributed by atoms with Gasteiger partial charge in [0.15, 0.2) is 11.5 Å². The van der Waals surface area contributed by atoms with Crippen LogP contribution in [0.15, 0.2) is 24.3 Å². The van der Waals surface area contributed by atoms with Crippen LogP contribution >= 0.6 is 0 Å². The van der Waals surface area contributed by atoms with E-state index >= 15 is 0 Å². The van der Waals surface area contributed by atoms with Gasteiger partial charge in [0, 0.05) is 19.6 Å². The summed E-state index contributed by atoms with van der Waals surface area (Å²) >= 11 is 0. The van der Waals surface area contributed by atoms with Crippen molar-refractivity contribution in [1.29, 1.82) is 0 Å². The van der Waals surface area contributed by atoms with Crippen LogP contribution in [-0.4, -0.2) is 60.1 Å². The van der Waals surface area contributed by atoms with Gasteiger partial charge in [-0.25, -0.2) is 0 Å². The molecule has 2 fully saturated rings. The number of benzene rings is 1. The molecule has 1 aliphatic carbocycles. The van der Waals surface area contributed by atoms with Gasteiger partial charge >= 0.3 is 0 Å². The lowest BCUT2D eigenvalue weighted by Crippen LogP contribution is -2.65. The van der Waals surface area contributed by atoms with Crippen molar-refractivity contribution in [2.24, 2.45) is 0 Å². The Morgan fingerprint density at radius 3 is 2.50 bits per heavy atom. The van der Waals surface area contributed by atoms with E-state index in [2.05, 4.69) is 16.8 Å². The lowest BCUT2D eigenvalue weighted by Gasteiger charge is -2.49. The fourth-order valence-corrected chi connectivity index (χ4v) is 4.52. The van der Waals surface area contributed by atoms with E-state index in [1.807, 2.05) is 31.2 Å². The summed E-state index contributed by atoms with van der Waals surface area (Å²) in [6.07, 6.45) is 3.78. The van der Waals surface area contributed by atoms with Gasteiger partial charge in [-0.05, 0) is 38.9 Å². The van der Waals surface area contributed by atoms with Gasteiger partial charge in [0.25, 0.3) is 5.91 Å². The quantitative estimate of drug-likeness (QED) is 0.792. The Morgan fingerprint density at radius 1 is 1.12 bits per heavy atom. The molecule has 0 unspecified atom stereocenters. The molecule has 4 rings (SSSR count). The summed E-state index contributed by atoms with van der Waals surface area (Å²) in [6, 6.07) is 7.59. The van der Waals surface area contributed by atoms with Crippen LogP contribution in [0.1, 0.15) is 32.6 Å². The van der Waals surface area contributed by atoms with E-state index in [1.54, 1.807) is 0 Å². The molecule has 0 radical (unpaired) electrons. The van der Waals surface area contributed by atoms with Crippen LogP contribution in [0.25, 0.3) is 0 Å². The zero-order valence-electron chi connectivity index (χ0n) is 14.5. The summed E-state index contributed by atoms with van der Waals surface area (Å²) in [5, 5.41) is 0. The van der Waals surface area contributed by atoms with Crippen molar-refractivity contribution in [2.45, 2.75) is 50.4 Å². The van der Waals surface area contributed by atoms with E-state index in [0.29, 0.717) is 5.75 Å². The van der Waals surface area contributed by atoms with Crippen LogP contribution in [0.3, 0.4) is 0 Å². The molecule has 2 heterocycles. The Labute approximate surface area is 143 Å². The highest BCUT2D eigenvalue weighted by Crippen LogP contribution is 2.40. The Bertz CT molecular complexity index is 627. The largest absolute Gasteiger partial charge is 0.482 e. The highest BCUT2D eigenvalue weighted by Gasteiger charge is 2.48. The Kier molecular flexibility index (Phi) is 3.91. The van der Waals surface area contributed by atoms with Gasteiger partial charge < -0.3 is 19.3 Å². The molecule has 1 saturated carbocycles. The average Bonchev–Trinajstić information content (AvgIpc) is 3.02. The molecule has 0 aromatic heterocycles. The monoisotopic (exact) mass is 330 g/mol. The second-order valence-corrected chi connectivity index (χ2v) is 7.47. The summed E-state index contributed by atoms with van der Waals surface area (Å²) < 4.78 is 12.0. The predicted octanol–water partition coefficient (Wildman–Crippen LogP) is 2.30. The molecule has 24 heavy (non-hydrogen) atoms. The number of para-hydroxylation sites is 2. The molecule has 1 aromatic carbocycles. The number of hydrogen-bond acceptors (Lipinski definition) is 4. The Morgan fingerprint density at radius 2 is 1.79 bits per heavy atom. The first kappa shape index (κ1) is 15.8. The van der Waals surface area contributed by atoms with Crippen molar-refractivity contribution in [2.75, 3.05) is 26.7 Å². The smallest absolute Gasteiger partial charge is 0.268 e. The number of hydrogen-bond donors (Lipinski definition) is 0. The summed E-state index contributed by atoms with van der Waals surface area (Å²) in [5.74, 6) is 1.48. The number of ether oxygens (including phenoxy) is 2. The SMILES string of the molecule is C[C@H]1Oc2ccccc2O[C@H]1C(=O)N1CCN(C)CC12CCCC2. The molecular formula is C19H26N2O3. The molecule has 130 valence electrons. The molecular weight excluding hydrogens is 304 g/mol. The molecule has 5 nitrogen and oxygen atoms in total. The van der Waals surface area contributed by atoms with Crippen LogP contribution in [-0.2, 0) is 4.79 Å². The number of amides is 1. The van der Waals surface area contributed by atoms with E-state index in [1.165, 1.54) is 12.8 Å². The first-order chi connectivity index (χ1) is 11.6. The van der Waals surface area contributed by atoms with E-state index < -0.39 is 6.10 Å². The molecule has 1 spiro atoms. The van der Waals surface area contributed by atoms with Crippen molar-refractivity contribution in [1.82, 2.24) is 9.80 Å². The zero-order chi connectivity index (χ0) is 16.7. The van der Waals surface area contributed by atoms with Gasteiger partial charge in [-0.1, -0.05) is 25.0 Å². The molecule has 1 saturated heterocycles. The van der Waals surface area contributed by atoms with Crippen LogP contribution in [0.2, 0.25) is 0 Å². The normalized spacial score (nSPS) is 29.0. The van der Waals surface area contributed by atoms with Crippen molar-refractivity contribution >= 4 is 5.91 Å². The van der Waals surface area contributed by atoms with Gasteiger partial charge in [0.1, 0.15) is 6.10 Å². The maximum Gasteiger partial charge on any atom is 0.268 e. The minimum Gasteiger partial charge on any atom is -0.482 e. The maximum absolute atomic E-state index is 13.3. The summed E-state index contributed by atoms with van der Waals surface area (Å²) in [5.41, 5.74) is -0.00979. The maximum atomic E-state index is 13.3. The highest BCUT2D eigenvalue weighted by molar-refractivity contribution is 5.83. The fraction of sp³-hybridized carbons (Fsp3) is 0.632. The minimum absolute atomic E-state index is 0.00979. The number of piperazine rings is 1. The second-order valence-electron chi connectivity index (χ2n) is 7.47. The zero-order valence-corrected chi connectivity index (χ0v) is 14.5. The number of carbonyl (C=O) groups excluding carboxylic acids is 1. The number of likely N-dealkylation sites (N-methyl/N-ethyl adjacent to an activating group) is 1.